The molecule has 0 unspecified atom stereocenters. The molecule has 1 aromatic carbocycles. The molecule has 1 aromatic rings. The quantitative estimate of drug-likeness (QED) is 0.783. The first kappa shape index (κ1) is 18.9. The second-order valence-electron chi connectivity index (χ2n) is 7.69. The highest BCUT2D eigenvalue weighted by Crippen LogP contribution is 2.41. The van der Waals surface area contributed by atoms with E-state index < -0.39 is 17.6 Å². The van der Waals surface area contributed by atoms with Crippen molar-refractivity contribution in [3.05, 3.63) is 41.5 Å². The van der Waals surface area contributed by atoms with Gasteiger partial charge in [-0.25, -0.2) is 0 Å². The molecule has 0 heterocycles. The van der Waals surface area contributed by atoms with E-state index in [1.54, 1.807) is 0 Å². The van der Waals surface area contributed by atoms with Crippen molar-refractivity contribution < 1.29 is 10.2 Å². The maximum atomic E-state index is 10.9. The summed E-state index contributed by atoms with van der Waals surface area (Å²) in [4.78, 5) is 0. The molecule has 0 fully saturated rings. The van der Waals surface area contributed by atoms with Crippen molar-refractivity contribution in [2.75, 3.05) is 0 Å². The van der Waals surface area contributed by atoms with E-state index >= 15 is 0 Å². The van der Waals surface area contributed by atoms with Gasteiger partial charge in [-0.15, -0.1) is 0 Å². The van der Waals surface area contributed by atoms with Gasteiger partial charge in [0.1, 0.15) is 0 Å². The third-order valence-corrected chi connectivity index (χ3v) is 4.60. The molecular weight excluding hydrogens is 272 g/mol. The Morgan fingerprint density at radius 3 is 2.05 bits per heavy atom. The smallest absolute Gasteiger partial charge is 0.0871 e. The van der Waals surface area contributed by atoms with Gasteiger partial charge in [0.2, 0.25) is 0 Å². The summed E-state index contributed by atoms with van der Waals surface area (Å²) in [5.41, 5.74) is 3.38. The summed E-state index contributed by atoms with van der Waals surface area (Å²) in [5.74, 6) is 0.520. The number of rotatable bonds is 6. The molecule has 0 saturated carbocycles. The Morgan fingerprint density at radius 2 is 1.64 bits per heavy atom. The fraction of sp³-hybridized carbons (Fsp3) is 0.600. The zero-order chi connectivity index (χ0) is 17.2. The first-order valence-corrected chi connectivity index (χ1v) is 8.16. The molecule has 0 radical (unpaired) electrons. The summed E-state index contributed by atoms with van der Waals surface area (Å²) in [6, 6.07) is 6.16. The van der Waals surface area contributed by atoms with E-state index in [1.807, 2.05) is 40.7 Å². The number of allylic oxidation sites excluding steroid dienone is 1. The first-order valence-electron chi connectivity index (χ1n) is 8.16. The van der Waals surface area contributed by atoms with Gasteiger partial charge in [-0.05, 0) is 35.4 Å². The van der Waals surface area contributed by atoms with Crippen LogP contribution in [-0.4, -0.2) is 16.3 Å². The molecule has 2 nitrogen and oxygen atoms in total. The lowest BCUT2D eigenvalue weighted by Gasteiger charge is -2.38. The average molecular weight is 304 g/mol. The SMILES string of the molecule is C=C(C)c1cc(C(C)C)ccc1[C@H](O)C(C)(C)[C@@H](O)C(C)C. The summed E-state index contributed by atoms with van der Waals surface area (Å²) in [5, 5.41) is 21.4. The second kappa shape index (κ2) is 6.97. The number of benzene rings is 1. The predicted octanol–water partition coefficient (Wildman–Crippen LogP) is 4.92. The van der Waals surface area contributed by atoms with Gasteiger partial charge in [-0.1, -0.05) is 71.9 Å². The van der Waals surface area contributed by atoms with E-state index in [0.717, 1.165) is 16.7 Å². The summed E-state index contributed by atoms with van der Waals surface area (Å²) in [6.07, 6.45) is -1.32. The Bertz CT molecular complexity index is 527. The van der Waals surface area contributed by atoms with E-state index in [1.165, 1.54) is 5.56 Å². The van der Waals surface area contributed by atoms with Crippen LogP contribution in [0.4, 0.5) is 0 Å². The van der Waals surface area contributed by atoms with Gasteiger partial charge in [-0.3, -0.25) is 0 Å². The lowest BCUT2D eigenvalue weighted by atomic mass is 9.72. The molecular formula is C20H32O2. The maximum Gasteiger partial charge on any atom is 0.0871 e. The van der Waals surface area contributed by atoms with Gasteiger partial charge in [0.05, 0.1) is 12.2 Å². The van der Waals surface area contributed by atoms with Crippen LogP contribution in [-0.2, 0) is 0 Å². The molecule has 22 heavy (non-hydrogen) atoms. The van der Waals surface area contributed by atoms with Crippen molar-refractivity contribution >= 4 is 5.57 Å². The minimum absolute atomic E-state index is 0.0906. The zero-order valence-corrected chi connectivity index (χ0v) is 15.1. The lowest BCUT2D eigenvalue weighted by Crippen LogP contribution is -2.39. The van der Waals surface area contributed by atoms with Gasteiger partial charge < -0.3 is 10.2 Å². The van der Waals surface area contributed by atoms with Crippen molar-refractivity contribution in [3.63, 3.8) is 0 Å². The third kappa shape index (κ3) is 3.80. The van der Waals surface area contributed by atoms with Crippen LogP contribution in [0.15, 0.2) is 24.8 Å². The van der Waals surface area contributed by atoms with Gasteiger partial charge >= 0.3 is 0 Å². The fourth-order valence-corrected chi connectivity index (χ4v) is 2.96. The minimum Gasteiger partial charge on any atom is -0.392 e. The summed E-state index contributed by atoms with van der Waals surface area (Å²) >= 11 is 0. The molecule has 0 aliphatic rings. The maximum absolute atomic E-state index is 10.9. The van der Waals surface area contributed by atoms with Gasteiger partial charge in [0.25, 0.3) is 0 Å². The molecule has 2 atom stereocenters. The third-order valence-electron chi connectivity index (χ3n) is 4.60. The van der Waals surface area contributed by atoms with Crippen molar-refractivity contribution in [1.82, 2.24) is 0 Å². The van der Waals surface area contributed by atoms with E-state index in [-0.39, 0.29) is 5.92 Å². The van der Waals surface area contributed by atoms with Crippen molar-refractivity contribution in [3.8, 4) is 0 Å². The highest BCUT2D eigenvalue weighted by Gasteiger charge is 2.38. The van der Waals surface area contributed by atoms with Crippen LogP contribution in [0, 0.1) is 11.3 Å². The molecule has 0 amide bonds. The predicted molar refractivity (Wildman–Crippen MR) is 94.8 cm³/mol. The fourth-order valence-electron chi connectivity index (χ4n) is 2.96. The van der Waals surface area contributed by atoms with E-state index in [2.05, 4.69) is 32.6 Å². The Labute approximate surface area is 135 Å². The van der Waals surface area contributed by atoms with Crippen molar-refractivity contribution in [2.45, 2.75) is 66.6 Å². The molecule has 2 heteroatoms. The minimum atomic E-state index is -0.738. The largest absolute Gasteiger partial charge is 0.392 e. The molecule has 0 spiro atoms. The number of aliphatic hydroxyl groups excluding tert-OH is 2. The first-order chi connectivity index (χ1) is 10.00. The molecule has 2 N–H and O–H groups in total. The van der Waals surface area contributed by atoms with Gasteiger partial charge in [-0.2, -0.15) is 0 Å². The van der Waals surface area contributed by atoms with E-state index in [0.29, 0.717) is 5.92 Å². The molecule has 1 rings (SSSR count). The zero-order valence-electron chi connectivity index (χ0n) is 15.1. The van der Waals surface area contributed by atoms with Gasteiger partial charge in [0, 0.05) is 5.41 Å². The van der Waals surface area contributed by atoms with Crippen molar-refractivity contribution in [1.29, 1.82) is 0 Å². The summed E-state index contributed by atoms with van der Waals surface area (Å²) < 4.78 is 0. The van der Waals surface area contributed by atoms with E-state index in [4.69, 9.17) is 0 Å². The topological polar surface area (TPSA) is 40.5 Å². The Kier molecular flexibility index (Phi) is 6.00. The Hall–Kier alpha value is -1.12. The van der Waals surface area contributed by atoms with Crippen LogP contribution in [0.2, 0.25) is 0 Å². The average Bonchev–Trinajstić information content (AvgIpc) is 2.44. The van der Waals surface area contributed by atoms with Crippen LogP contribution in [0.3, 0.4) is 0 Å². The molecule has 0 bridgehead atoms. The van der Waals surface area contributed by atoms with Crippen molar-refractivity contribution in [2.24, 2.45) is 11.3 Å². The van der Waals surface area contributed by atoms with Crippen LogP contribution in [0.1, 0.15) is 77.2 Å². The number of hydrogen-bond donors (Lipinski definition) is 2. The molecule has 0 aliphatic carbocycles. The van der Waals surface area contributed by atoms with Gasteiger partial charge in [0.15, 0.2) is 0 Å². The standard InChI is InChI=1S/C20H32O2/c1-12(2)15-9-10-16(17(11-15)13(3)4)19(22)20(7,8)18(21)14(5)6/h9-12,14,18-19,21-22H,3H2,1-2,4-8H3/t18-,19-/m0/s1. The van der Waals surface area contributed by atoms with Crippen LogP contribution in [0.5, 0.6) is 0 Å². The monoisotopic (exact) mass is 304 g/mol. The van der Waals surface area contributed by atoms with Crippen LogP contribution >= 0.6 is 0 Å². The Balaban J connectivity index is 3.33. The summed E-state index contributed by atoms with van der Waals surface area (Å²) in [6.45, 7) is 18.1. The molecule has 0 aromatic heterocycles. The highest BCUT2D eigenvalue weighted by molar-refractivity contribution is 5.66. The molecule has 0 aliphatic heterocycles. The van der Waals surface area contributed by atoms with Crippen LogP contribution < -0.4 is 0 Å². The number of hydrogen-bond acceptors (Lipinski definition) is 2. The molecule has 124 valence electrons. The summed E-state index contributed by atoms with van der Waals surface area (Å²) in [7, 11) is 0. The number of aliphatic hydroxyl groups is 2. The highest BCUT2D eigenvalue weighted by atomic mass is 16.3. The van der Waals surface area contributed by atoms with E-state index in [9.17, 15) is 10.2 Å². The molecule has 0 saturated heterocycles. The Morgan fingerprint density at radius 1 is 1.09 bits per heavy atom. The van der Waals surface area contributed by atoms with Crippen LogP contribution in [0.25, 0.3) is 5.57 Å². The lowest BCUT2D eigenvalue weighted by molar-refractivity contribution is -0.0696. The normalized spacial score (nSPS) is 15.2. The second-order valence-corrected chi connectivity index (χ2v) is 7.69.